The Hall–Kier alpha value is -0.860. The number of nitrogens with zero attached hydrogens (tertiary/aromatic N) is 1. The van der Waals surface area contributed by atoms with E-state index < -0.39 is 0 Å². The van der Waals surface area contributed by atoms with Crippen molar-refractivity contribution in [2.45, 2.75) is 45.6 Å². The normalized spacial score (nSPS) is 12.8. The summed E-state index contributed by atoms with van der Waals surface area (Å²) in [5.74, 6) is 0. The summed E-state index contributed by atoms with van der Waals surface area (Å²) in [6, 6.07) is 11.3. The number of rotatable bonds is 10. The van der Waals surface area contributed by atoms with E-state index in [0.717, 1.165) is 26.1 Å². The molecule has 0 saturated carbocycles. The van der Waals surface area contributed by atoms with Gasteiger partial charge in [-0.05, 0) is 38.9 Å². The number of hydrogen-bond acceptors (Lipinski definition) is 2. The zero-order chi connectivity index (χ0) is 13.9. The lowest BCUT2D eigenvalue weighted by atomic mass is 10.1. The minimum absolute atomic E-state index is 0.602. The molecule has 0 heterocycles. The van der Waals surface area contributed by atoms with Crippen LogP contribution in [0.2, 0.25) is 0 Å². The van der Waals surface area contributed by atoms with E-state index in [1.54, 1.807) is 0 Å². The van der Waals surface area contributed by atoms with Crippen LogP contribution in [0, 0.1) is 0 Å². The van der Waals surface area contributed by atoms with Gasteiger partial charge in [0, 0.05) is 19.1 Å². The Morgan fingerprint density at radius 1 is 1.16 bits per heavy atom. The fourth-order valence-electron chi connectivity index (χ4n) is 2.14. The van der Waals surface area contributed by atoms with Crippen LogP contribution in [-0.2, 0) is 6.42 Å². The maximum absolute atomic E-state index is 3.56. The third-order valence-corrected chi connectivity index (χ3v) is 3.75. The summed E-state index contributed by atoms with van der Waals surface area (Å²) in [4.78, 5) is 2.44. The van der Waals surface area contributed by atoms with Crippen molar-refractivity contribution in [3.8, 4) is 0 Å². The van der Waals surface area contributed by atoms with E-state index in [1.807, 2.05) is 0 Å². The highest BCUT2D eigenvalue weighted by atomic mass is 15.1. The molecule has 0 bridgehead atoms. The van der Waals surface area contributed by atoms with Crippen LogP contribution in [0.4, 0.5) is 0 Å². The first-order valence-electron chi connectivity index (χ1n) is 7.69. The molecule has 0 aliphatic rings. The average molecular weight is 262 g/mol. The van der Waals surface area contributed by atoms with E-state index in [2.05, 4.69) is 61.4 Å². The van der Waals surface area contributed by atoms with E-state index in [0.29, 0.717) is 6.04 Å². The zero-order valence-electron chi connectivity index (χ0n) is 12.9. The first-order chi connectivity index (χ1) is 9.24. The molecule has 2 heteroatoms. The van der Waals surface area contributed by atoms with Gasteiger partial charge in [-0.15, -0.1) is 0 Å². The van der Waals surface area contributed by atoms with Crippen molar-refractivity contribution < 1.29 is 0 Å². The highest BCUT2D eigenvalue weighted by Gasteiger charge is 2.08. The zero-order valence-corrected chi connectivity index (χ0v) is 12.9. The van der Waals surface area contributed by atoms with Crippen molar-refractivity contribution in [3.63, 3.8) is 0 Å². The van der Waals surface area contributed by atoms with Crippen molar-refractivity contribution in [2.75, 3.05) is 26.7 Å². The number of unbranched alkanes of at least 4 members (excludes halogenated alkanes) is 2. The van der Waals surface area contributed by atoms with Crippen molar-refractivity contribution in [2.24, 2.45) is 0 Å². The highest BCUT2D eigenvalue weighted by molar-refractivity contribution is 5.14. The van der Waals surface area contributed by atoms with Crippen molar-refractivity contribution in [1.82, 2.24) is 10.2 Å². The molecule has 0 aromatic heterocycles. The lowest BCUT2D eigenvalue weighted by molar-refractivity contribution is 0.253. The maximum Gasteiger partial charge on any atom is 0.0189 e. The van der Waals surface area contributed by atoms with E-state index in [1.165, 1.54) is 24.8 Å². The van der Waals surface area contributed by atoms with Crippen LogP contribution in [0.1, 0.15) is 38.7 Å². The monoisotopic (exact) mass is 262 g/mol. The van der Waals surface area contributed by atoms with Crippen LogP contribution >= 0.6 is 0 Å². The topological polar surface area (TPSA) is 15.3 Å². The maximum atomic E-state index is 3.56. The molecule has 108 valence electrons. The standard InChI is InChI=1S/C17H30N2/c1-4-5-9-13-18-15-16(2)19(3)14-12-17-10-7-6-8-11-17/h6-8,10-11,16,18H,4-5,9,12-15H2,1-3H3. The second-order valence-electron chi connectivity index (χ2n) is 5.48. The van der Waals surface area contributed by atoms with Crippen LogP contribution in [0.15, 0.2) is 30.3 Å². The van der Waals surface area contributed by atoms with Gasteiger partial charge < -0.3 is 10.2 Å². The molecule has 1 rings (SSSR count). The van der Waals surface area contributed by atoms with E-state index in [4.69, 9.17) is 0 Å². The van der Waals surface area contributed by atoms with Crippen LogP contribution in [0.25, 0.3) is 0 Å². The van der Waals surface area contributed by atoms with Crippen LogP contribution in [0.5, 0.6) is 0 Å². The van der Waals surface area contributed by atoms with Crippen molar-refractivity contribution in [3.05, 3.63) is 35.9 Å². The number of hydrogen-bond donors (Lipinski definition) is 1. The van der Waals surface area contributed by atoms with Gasteiger partial charge >= 0.3 is 0 Å². The van der Waals surface area contributed by atoms with Gasteiger partial charge in [0.15, 0.2) is 0 Å². The van der Waals surface area contributed by atoms with Crippen molar-refractivity contribution in [1.29, 1.82) is 0 Å². The largest absolute Gasteiger partial charge is 0.315 e. The third-order valence-electron chi connectivity index (χ3n) is 3.75. The van der Waals surface area contributed by atoms with Gasteiger partial charge in [-0.2, -0.15) is 0 Å². The third kappa shape index (κ3) is 7.34. The average Bonchev–Trinajstić information content (AvgIpc) is 2.45. The summed E-state index contributed by atoms with van der Waals surface area (Å²) in [5, 5.41) is 3.56. The predicted octanol–water partition coefficient (Wildman–Crippen LogP) is 3.33. The SMILES string of the molecule is CCCCCNCC(C)N(C)CCc1ccccc1. The lowest BCUT2D eigenvalue weighted by Crippen LogP contribution is -2.39. The van der Waals surface area contributed by atoms with Gasteiger partial charge in [0.05, 0.1) is 0 Å². The molecule has 19 heavy (non-hydrogen) atoms. The number of likely N-dealkylation sites (N-methyl/N-ethyl adjacent to an activating group) is 1. The van der Waals surface area contributed by atoms with Gasteiger partial charge in [0.1, 0.15) is 0 Å². The molecule has 1 aromatic rings. The Morgan fingerprint density at radius 2 is 1.89 bits per heavy atom. The van der Waals surface area contributed by atoms with Gasteiger partial charge in [0.2, 0.25) is 0 Å². The molecular weight excluding hydrogens is 232 g/mol. The molecule has 0 aliphatic carbocycles. The van der Waals surface area contributed by atoms with Crippen LogP contribution < -0.4 is 5.32 Å². The van der Waals surface area contributed by atoms with Crippen LogP contribution in [-0.4, -0.2) is 37.6 Å². The molecule has 1 atom stereocenters. The van der Waals surface area contributed by atoms with E-state index in [9.17, 15) is 0 Å². The molecule has 1 aromatic carbocycles. The molecule has 1 N–H and O–H groups in total. The summed E-state index contributed by atoms with van der Waals surface area (Å²) in [6.45, 7) is 7.93. The lowest BCUT2D eigenvalue weighted by Gasteiger charge is -2.25. The molecule has 0 fully saturated rings. The highest BCUT2D eigenvalue weighted by Crippen LogP contribution is 2.02. The molecule has 0 radical (unpaired) electrons. The summed E-state index contributed by atoms with van der Waals surface area (Å²) >= 11 is 0. The summed E-state index contributed by atoms with van der Waals surface area (Å²) in [5.41, 5.74) is 1.43. The molecule has 0 aliphatic heterocycles. The molecular formula is C17H30N2. The second kappa shape index (κ2) is 9.99. The van der Waals surface area contributed by atoms with Gasteiger partial charge in [-0.3, -0.25) is 0 Å². The Morgan fingerprint density at radius 3 is 2.58 bits per heavy atom. The molecule has 1 unspecified atom stereocenters. The Labute approximate surface area is 119 Å². The first kappa shape index (κ1) is 16.2. The predicted molar refractivity (Wildman–Crippen MR) is 84.6 cm³/mol. The fraction of sp³-hybridized carbons (Fsp3) is 0.647. The molecule has 0 spiro atoms. The number of benzene rings is 1. The Balaban J connectivity index is 2.12. The Kier molecular flexibility index (Phi) is 8.52. The quantitative estimate of drug-likeness (QED) is 0.651. The van der Waals surface area contributed by atoms with E-state index >= 15 is 0 Å². The Bertz CT molecular complexity index is 310. The minimum Gasteiger partial charge on any atom is -0.315 e. The smallest absolute Gasteiger partial charge is 0.0189 e. The van der Waals surface area contributed by atoms with Gasteiger partial charge in [0.25, 0.3) is 0 Å². The van der Waals surface area contributed by atoms with Gasteiger partial charge in [-0.1, -0.05) is 50.1 Å². The molecule has 2 nitrogen and oxygen atoms in total. The second-order valence-corrected chi connectivity index (χ2v) is 5.48. The molecule has 0 saturated heterocycles. The molecule has 0 amide bonds. The minimum atomic E-state index is 0.602. The van der Waals surface area contributed by atoms with E-state index in [-0.39, 0.29) is 0 Å². The first-order valence-corrected chi connectivity index (χ1v) is 7.69. The summed E-state index contributed by atoms with van der Waals surface area (Å²) in [7, 11) is 2.22. The van der Waals surface area contributed by atoms with Gasteiger partial charge in [-0.25, -0.2) is 0 Å². The van der Waals surface area contributed by atoms with Crippen LogP contribution in [0.3, 0.4) is 0 Å². The number of nitrogens with one attached hydrogen (secondary N) is 1. The summed E-state index contributed by atoms with van der Waals surface area (Å²) in [6.07, 6.45) is 5.08. The fourth-order valence-corrected chi connectivity index (χ4v) is 2.14. The summed E-state index contributed by atoms with van der Waals surface area (Å²) < 4.78 is 0. The van der Waals surface area contributed by atoms with Crippen molar-refractivity contribution >= 4 is 0 Å².